The molecule has 0 saturated carbocycles. The van der Waals surface area contributed by atoms with Crippen LogP contribution in [0.3, 0.4) is 0 Å². The van der Waals surface area contributed by atoms with E-state index >= 15 is 0 Å². The second kappa shape index (κ2) is 4.18. The number of nitrogens with one attached hydrogen (secondary N) is 1. The van der Waals surface area contributed by atoms with E-state index in [2.05, 4.69) is 5.43 Å². The van der Waals surface area contributed by atoms with Crippen LogP contribution in [0.15, 0.2) is 0 Å². The first-order valence-electron chi connectivity index (χ1n) is 5.51. The molecule has 0 radical (unpaired) electrons. The lowest BCUT2D eigenvalue weighted by atomic mass is 10.1. The van der Waals surface area contributed by atoms with Gasteiger partial charge in [-0.2, -0.15) is 0 Å². The van der Waals surface area contributed by atoms with E-state index in [1.807, 2.05) is 6.92 Å². The van der Waals surface area contributed by atoms with Crippen molar-refractivity contribution < 1.29 is 9.59 Å². The van der Waals surface area contributed by atoms with Gasteiger partial charge in [-0.05, 0) is 12.8 Å². The highest BCUT2D eigenvalue weighted by Crippen LogP contribution is 2.15. The molecule has 0 aromatic heterocycles. The molecule has 0 spiro atoms. The Labute approximate surface area is 89.4 Å². The van der Waals surface area contributed by atoms with E-state index in [4.69, 9.17) is 0 Å². The van der Waals surface area contributed by atoms with Crippen molar-refractivity contribution in [3.63, 3.8) is 0 Å². The maximum absolute atomic E-state index is 11.6. The Hall–Kier alpha value is -1.10. The van der Waals surface area contributed by atoms with Gasteiger partial charge >= 0.3 is 0 Å². The number of hydrazine groups is 1. The van der Waals surface area contributed by atoms with E-state index in [-0.39, 0.29) is 17.7 Å². The first kappa shape index (κ1) is 10.4. The van der Waals surface area contributed by atoms with Crippen molar-refractivity contribution in [1.29, 1.82) is 0 Å². The molecule has 0 bridgehead atoms. The topological polar surface area (TPSA) is 52.6 Å². The molecule has 1 atom stereocenters. The molecule has 2 amide bonds. The molecule has 2 aliphatic rings. The average Bonchev–Trinajstić information content (AvgIpc) is 2.74. The predicted molar refractivity (Wildman–Crippen MR) is 54.4 cm³/mol. The van der Waals surface area contributed by atoms with E-state index in [0.29, 0.717) is 13.1 Å². The lowest BCUT2D eigenvalue weighted by Gasteiger charge is -2.22. The highest BCUT2D eigenvalue weighted by Gasteiger charge is 2.29. The van der Waals surface area contributed by atoms with Gasteiger partial charge in [-0.15, -0.1) is 0 Å². The van der Waals surface area contributed by atoms with Crippen molar-refractivity contribution in [1.82, 2.24) is 15.3 Å². The number of rotatable bonds is 3. The zero-order valence-electron chi connectivity index (χ0n) is 9.03. The Morgan fingerprint density at radius 2 is 2.20 bits per heavy atom. The van der Waals surface area contributed by atoms with Crippen LogP contribution in [0.4, 0.5) is 0 Å². The molecule has 2 heterocycles. The maximum Gasteiger partial charge on any atom is 0.239 e. The summed E-state index contributed by atoms with van der Waals surface area (Å²) in [4.78, 5) is 24.6. The summed E-state index contributed by atoms with van der Waals surface area (Å²) in [5, 5.41) is 1.64. The normalized spacial score (nSPS) is 26.9. The van der Waals surface area contributed by atoms with E-state index in [9.17, 15) is 9.59 Å². The number of hydrogen-bond donors (Lipinski definition) is 1. The van der Waals surface area contributed by atoms with Crippen molar-refractivity contribution in [2.45, 2.75) is 26.2 Å². The monoisotopic (exact) mass is 211 g/mol. The summed E-state index contributed by atoms with van der Waals surface area (Å²) >= 11 is 0. The third kappa shape index (κ3) is 2.12. The molecular weight excluding hydrogens is 194 g/mol. The van der Waals surface area contributed by atoms with E-state index < -0.39 is 0 Å². The van der Waals surface area contributed by atoms with E-state index in [1.165, 1.54) is 0 Å². The number of carbonyl (C=O) groups excluding carboxylic acids is 2. The SMILES string of the molecule is CC1CCN(NCN2CCCC2=O)C1=O. The van der Waals surface area contributed by atoms with Gasteiger partial charge in [0.15, 0.2) is 0 Å². The van der Waals surface area contributed by atoms with Gasteiger partial charge in [-0.1, -0.05) is 6.92 Å². The zero-order valence-corrected chi connectivity index (χ0v) is 9.03. The van der Waals surface area contributed by atoms with Gasteiger partial charge in [-0.25, -0.2) is 5.43 Å². The first-order chi connectivity index (χ1) is 7.18. The summed E-state index contributed by atoms with van der Waals surface area (Å²) in [7, 11) is 0. The minimum atomic E-state index is 0.117. The predicted octanol–water partition coefficient (Wildman–Crippen LogP) is -0.0607. The molecule has 2 rings (SSSR count). The summed E-state index contributed by atoms with van der Waals surface area (Å²) in [5.41, 5.74) is 3.02. The van der Waals surface area contributed by atoms with Crippen LogP contribution in [-0.4, -0.2) is 41.5 Å². The van der Waals surface area contributed by atoms with Crippen molar-refractivity contribution >= 4 is 11.8 Å². The molecule has 0 aromatic rings. The van der Waals surface area contributed by atoms with Gasteiger partial charge < -0.3 is 4.90 Å². The van der Waals surface area contributed by atoms with E-state index in [1.54, 1.807) is 9.91 Å². The summed E-state index contributed by atoms with van der Waals surface area (Å²) in [6, 6.07) is 0. The molecule has 0 aliphatic carbocycles. The van der Waals surface area contributed by atoms with Gasteiger partial charge in [0.2, 0.25) is 11.8 Å². The molecule has 5 heteroatoms. The van der Waals surface area contributed by atoms with Gasteiger partial charge in [0, 0.05) is 25.4 Å². The second-order valence-corrected chi connectivity index (χ2v) is 4.26. The Morgan fingerprint density at radius 1 is 1.40 bits per heavy atom. The molecular formula is C10H17N3O2. The van der Waals surface area contributed by atoms with Crippen LogP contribution in [-0.2, 0) is 9.59 Å². The fourth-order valence-electron chi connectivity index (χ4n) is 2.02. The van der Waals surface area contributed by atoms with Gasteiger partial charge in [0.1, 0.15) is 0 Å². The van der Waals surface area contributed by atoms with Crippen LogP contribution in [0.1, 0.15) is 26.2 Å². The third-order valence-electron chi connectivity index (χ3n) is 3.10. The van der Waals surface area contributed by atoms with Crippen LogP contribution >= 0.6 is 0 Å². The van der Waals surface area contributed by atoms with Crippen LogP contribution in [0.5, 0.6) is 0 Å². The average molecular weight is 211 g/mol. The molecule has 1 N–H and O–H groups in total. The quantitative estimate of drug-likeness (QED) is 0.711. The fourth-order valence-corrected chi connectivity index (χ4v) is 2.02. The molecule has 15 heavy (non-hydrogen) atoms. The number of carbonyl (C=O) groups is 2. The minimum Gasteiger partial charge on any atom is -0.328 e. The summed E-state index contributed by atoms with van der Waals surface area (Å²) in [6.07, 6.45) is 2.48. The summed E-state index contributed by atoms with van der Waals surface area (Å²) in [5.74, 6) is 0.440. The largest absolute Gasteiger partial charge is 0.328 e. The summed E-state index contributed by atoms with van der Waals surface area (Å²) in [6.45, 7) is 3.97. The van der Waals surface area contributed by atoms with Crippen LogP contribution in [0.2, 0.25) is 0 Å². The van der Waals surface area contributed by atoms with Gasteiger partial charge in [0.05, 0.1) is 6.67 Å². The second-order valence-electron chi connectivity index (χ2n) is 4.26. The molecule has 2 fully saturated rings. The van der Waals surface area contributed by atoms with Crippen molar-refractivity contribution in [2.24, 2.45) is 5.92 Å². The first-order valence-corrected chi connectivity index (χ1v) is 5.51. The molecule has 0 aromatic carbocycles. The molecule has 5 nitrogen and oxygen atoms in total. The smallest absolute Gasteiger partial charge is 0.239 e. The molecule has 84 valence electrons. The van der Waals surface area contributed by atoms with Crippen LogP contribution in [0.25, 0.3) is 0 Å². The minimum absolute atomic E-state index is 0.117. The van der Waals surface area contributed by atoms with Crippen molar-refractivity contribution in [2.75, 3.05) is 19.8 Å². The fraction of sp³-hybridized carbons (Fsp3) is 0.800. The van der Waals surface area contributed by atoms with Crippen LogP contribution in [0, 0.1) is 5.92 Å². The number of likely N-dealkylation sites (tertiary alicyclic amines) is 1. The van der Waals surface area contributed by atoms with E-state index in [0.717, 1.165) is 25.9 Å². The number of amides is 2. The number of hydrogen-bond acceptors (Lipinski definition) is 3. The Morgan fingerprint density at radius 3 is 2.73 bits per heavy atom. The Bertz CT molecular complexity index is 280. The highest BCUT2D eigenvalue weighted by molar-refractivity contribution is 5.80. The standard InChI is InChI=1S/C10H17N3O2/c1-8-4-6-13(10(8)15)11-7-12-5-2-3-9(12)14/h8,11H,2-7H2,1H3. The third-order valence-corrected chi connectivity index (χ3v) is 3.10. The summed E-state index contributed by atoms with van der Waals surface area (Å²) < 4.78 is 0. The highest BCUT2D eigenvalue weighted by atomic mass is 16.2. The molecule has 2 saturated heterocycles. The van der Waals surface area contributed by atoms with Crippen molar-refractivity contribution in [3.8, 4) is 0 Å². The van der Waals surface area contributed by atoms with Gasteiger partial charge in [-0.3, -0.25) is 14.6 Å². The van der Waals surface area contributed by atoms with Crippen LogP contribution < -0.4 is 5.43 Å². The maximum atomic E-state index is 11.6. The molecule has 2 aliphatic heterocycles. The lowest BCUT2D eigenvalue weighted by Crippen LogP contribution is -2.46. The van der Waals surface area contributed by atoms with Gasteiger partial charge in [0.25, 0.3) is 0 Å². The van der Waals surface area contributed by atoms with Crippen molar-refractivity contribution in [3.05, 3.63) is 0 Å². The Balaban J connectivity index is 1.78. The lowest BCUT2D eigenvalue weighted by molar-refractivity contribution is -0.136. The Kier molecular flexibility index (Phi) is 2.90. The number of nitrogens with zero attached hydrogens (tertiary/aromatic N) is 2. The molecule has 1 unspecified atom stereocenters. The zero-order chi connectivity index (χ0) is 10.8.